The standard InChI is InChI=1S/C21H22N4OS/c22-19(26)17-10-14-8-4-5-9-16(14)25(17)20-18-15(13-6-2-1-3-7-13)11-27-21(18)24-12-23-20/h1-3,6-7,11-12,14,16-17H,4-5,8-10H2,(H2,22,26). The molecule has 2 N–H and O–H groups in total. The van der Waals surface area contributed by atoms with Crippen molar-refractivity contribution in [3.05, 3.63) is 42.0 Å². The summed E-state index contributed by atoms with van der Waals surface area (Å²) in [7, 11) is 0. The van der Waals surface area contributed by atoms with Gasteiger partial charge in [-0.2, -0.15) is 0 Å². The lowest BCUT2D eigenvalue weighted by Crippen LogP contribution is -2.45. The average molecular weight is 379 g/mol. The average Bonchev–Trinajstić information content (AvgIpc) is 3.30. The van der Waals surface area contributed by atoms with Crippen LogP contribution in [-0.4, -0.2) is 28.0 Å². The maximum absolute atomic E-state index is 12.3. The third kappa shape index (κ3) is 2.70. The highest BCUT2D eigenvalue weighted by molar-refractivity contribution is 7.17. The summed E-state index contributed by atoms with van der Waals surface area (Å²) in [5.74, 6) is 1.16. The molecule has 5 nitrogen and oxygen atoms in total. The van der Waals surface area contributed by atoms with E-state index in [0.717, 1.165) is 40.0 Å². The number of nitrogens with two attached hydrogens (primary N) is 1. The number of thiophene rings is 1. The highest BCUT2D eigenvalue weighted by Gasteiger charge is 2.45. The summed E-state index contributed by atoms with van der Waals surface area (Å²) in [4.78, 5) is 24.7. The minimum absolute atomic E-state index is 0.243. The summed E-state index contributed by atoms with van der Waals surface area (Å²) >= 11 is 1.63. The van der Waals surface area contributed by atoms with Crippen LogP contribution >= 0.6 is 11.3 Å². The van der Waals surface area contributed by atoms with Crippen molar-refractivity contribution in [1.82, 2.24) is 9.97 Å². The van der Waals surface area contributed by atoms with Gasteiger partial charge in [0.15, 0.2) is 0 Å². The quantitative estimate of drug-likeness (QED) is 0.748. The molecule has 2 fully saturated rings. The number of carbonyl (C=O) groups is 1. The Morgan fingerprint density at radius 1 is 1.15 bits per heavy atom. The van der Waals surface area contributed by atoms with Crippen LogP contribution in [0.5, 0.6) is 0 Å². The summed E-state index contributed by atoms with van der Waals surface area (Å²) in [6.45, 7) is 0. The molecule has 3 unspecified atom stereocenters. The van der Waals surface area contributed by atoms with Gasteiger partial charge >= 0.3 is 0 Å². The normalized spacial score (nSPS) is 24.9. The van der Waals surface area contributed by atoms with Gasteiger partial charge in [-0.25, -0.2) is 9.97 Å². The number of hydrogen-bond donors (Lipinski definition) is 1. The van der Waals surface area contributed by atoms with Gasteiger partial charge in [0.25, 0.3) is 0 Å². The van der Waals surface area contributed by atoms with Crippen LogP contribution in [0.2, 0.25) is 0 Å². The molecule has 138 valence electrons. The number of amides is 1. The summed E-state index contributed by atoms with van der Waals surface area (Å²) < 4.78 is 0. The van der Waals surface area contributed by atoms with Crippen LogP contribution in [0, 0.1) is 5.92 Å². The summed E-state index contributed by atoms with van der Waals surface area (Å²) in [6, 6.07) is 10.4. The molecule has 5 rings (SSSR count). The number of anilines is 1. The Balaban J connectivity index is 1.70. The molecule has 6 heteroatoms. The van der Waals surface area contributed by atoms with Crippen LogP contribution in [-0.2, 0) is 4.79 Å². The third-order valence-corrected chi connectivity index (χ3v) is 6.98. The lowest BCUT2D eigenvalue weighted by Gasteiger charge is -2.34. The number of nitrogens with zero attached hydrogens (tertiary/aromatic N) is 3. The first-order valence-electron chi connectivity index (χ1n) is 9.59. The Labute approximate surface area is 162 Å². The van der Waals surface area contributed by atoms with E-state index in [1.165, 1.54) is 19.3 Å². The Hall–Kier alpha value is -2.47. The second kappa shape index (κ2) is 6.60. The predicted molar refractivity (Wildman–Crippen MR) is 109 cm³/mol. The van der Waals surface area contributed by atoms with E-state index in [9.17, 15) is 4.79 Å². The fraction of sp³-hybridized carbons (Fsp3) is 0.381. The van der Waals surface area contributed by atoms with Gasteiger partial charge in [0.2, 0.25) is 5.91 Å². The van der Waals surface area contributed by atoms with Crippen LogP contribution in [0.4, 0.5) is 5.82 Å². The van der Waals surface area contributed by atoms with E-state index in [1.807, 2.05) is 18.2 Å². The fourth-order valence-corrected chi connectivity index (χ4v) is 5.81. The summed E-state index contributed by atoms with van der Waals surface area (Å²) in [5.41, 5.74) is 8.11. The molecule has 2 aliphatic rings. The topological polar surface area (TPSA) is 72.1 Å². The van der Waals surface area contributed by atoms with Crippen molar-refractivity contribution in [3.8, 4) is 11.1 Å². The van der Waals surface area contributed by atoms with E-state index in [1.54, 1.807) is 17.7 Å². The fourth-order valence-electron chi connectivity index (χ4n) is 4.90. The molecule has 3 heterocycles. The SMILES string of the molecule is NC(=O)C1CC2CCCCC2N1c1ncnc2scc(-c3ccccc3)c12. The number of hydrogen-bond acceptors (Lipinski definition) is 5. The molecule has 1 aliphatic heterocycles. The maximum atomic E-state index is 12.3. The maximum Gasteiger partial charge on any atom is 0.240 e. The monoisotopic (exact) mass is 378 g/mol. The van der Waals surface area contributed by atoms with Crippen molar-refractivity contribution in [2.45, 2.75) is 44.2 Å². The van der Waals surface area contributed by atoms with Gasteiger partial charge in [-0.15, -0.1) is 11.3 Å². The number of benzene rings is 1. The molecule has 3 aromatic rings. The highest BCUT2D eigenvalue weighted by atomic mass is 32.1. The molecular formula is C21H22N4OS. The van der Waals surface area contributed by atoms with Crippen LogP contribution in [0.15, 0.2) is 42.0 Å². The van der Waals surface area contributed by atoms with Gasteiger partial charge in [0, 0.05) is 17.0 Å². The molecule has 1 aliphatic carbocycles. The zero-order valence-electron chi connectivity index (χ0n) is 15.0. The van der Waals surface area contributed by atoms with Crippen molar-refractivity contribution >= 4 is 33.3 Å². The van der Waals surface area contributed by atoms with Gasteiger partial charge in [-0.1, -0.05) is 43.2 Å². The Bertz CT molecular complexity index is 986. The molecule has 1 amide bonds. The van der Waals surface area contributed by atoms with Gasteiger partial charge < -0.3 is 10.6 Å². The van der Waals surface area contributed by atoms with Crippen LogP contribution < -0.4 is 10.6 Å². The van der Waals surface area contributed by atoms with Crippen molar-refractivity contribution < 1.29 is 4.79 Å². The summed E-state index contributed by atoms with van der Waals surface area (Å²) in [6.07, 6.45) is 7.19. The van der Waals surface area contributed by atoms with E-state index in [2.05, 4.69) is 32.4 Å². The van der Waals surface area contributed by atoms with Gasteiger partial charge in [-0.3, -0.25) is 4.79 Å². The lowest BCUT2D eigenvalue weighted by atomic mass is 9.84. The van der Waals surface area contributed by atoms with Crippen molar-refractivity contribution in [1.29, 1.82) is 0 Å². The first-order valence-corrected chi connectivity index (χ1v) is 10.5. The molecule has 0 bridgehead atoms. The molecule has 1 saturated carbocycles. The van der Waals surface area contributed by atoms with Crippen LogP contribution in [0.25, 0.3) is 21.3 Å². The molecule has 2 aromatic heterocycles. The first-order chi connectivity index (χ1) is 13.2. The molecule has 3 atom stereocenters. The van der Waals surface area contributed by atoms with Crippen molar-refractivity contribution in [3.63, 3.8) is 0 Å². The van der Waals surface area contributed by atoms with E-state index in [-0.39, 0.29) is 11.9 Å². The van der Waals surface area contributed by atoms with Crippen molar-refractivity contribution in [2.24, 2.45) is 11.7 Å². The molecular weight excluding hydrogens is 356 g/mol. The van der Waals surface area contributed by atoms with Gasteiger partial charge in [0.1, 0.15) is 23.0 Å². The van der Waals surface area contributed by atoms with Crippen molar-refractivity contribution in [2.75, 3.05) is 4.90 Å². The van der Waals surface area contributed by atoms with E-state index < -0.39 is 0 Å². The van der Waals surface area contributed by atoms with Crippen LogP contribution in [0.1, 0.15) is 32.1 Å². The number of primary amides is 1. The molecule has 1 aromatic carbocycles. The second-order valence-corrected chi connectivity index (χ2v) is 8.42. The third-order valence-electron chi connectivity index (χ3n) is 6.10. The van der Waals surface area contributed by atoms with Crippen LogP contribution in [0.3, 0.4) is 0 Å². The van der Waals surface area contributed by atoms with E-state index in [4.69, 9.17) is 5.73 Å². The zero-order valence-corrected chi connectivity index (χ0v) is 15.9. The number of fused-ring (bicyclic) bond motifs is 2. The summed E-state index contributed by atoms with van der Waals surface area (Å²) in [5, 5.41) is 3.19. The first kappa shape index (κ1) is 16.7. The largest absolute Gasteiger partial charge is 0.368 e. The molecule has 0 spiro atoms. The number of carbonyl (C=O) groups excluding carboxylic acids is 1. The number of aromatic nitrogens is 2. The van der Waals surface area contributed by atoms with E-state index >= 15 is 0 Å². The smallest absolute Gasteiger partial charge is 0.240 e. The molecule has 27 heavy (non-hydrogen) atoms. The Kier molecular flexibility index (Phi) is 4.08. The van der Waals surface area contributed by atoms with Gasteiger partial charge in [0.05, 0.1) is 5.39 Å². The predicted octanol–water partition coefficient (Wildman–Crippen LogP) is 3.98. The van der Waals surface area contributed by atoms with Gasteiger partial charge in [-0.05, 0) is 30.7 Å². The number of rotatable bonds is 3. The zero-order chi connectivity index (χ0) is 18.4. The molecule has 0 radical (unpaired) electrons. The lowest BCUT2D eigenvalue weighted by molar-refractivity contribution is -0.119. The highest BCUT2D eigenvalue weighted by Crippen LogP contribution is 2.45. The molecule has 1 saturated heterocycles. The second-order valence-electron chi connectivity index (χ2n) is 7.57. The minimum atomic E-state index is -0.278. The van der Waals surface area contributed by atoms with E-state index in [0.29, 0.717) is 12.0 Å². The Morgan fingerprint density at radius 3 is 2.78 bits per heavy atom. The minimum Gasteiger partial charge on any atom is -0.368 e. The Morgan fingerprint density at radius 2 is 1.96 bits per heavy atom.